The van der Waals surface area contributed by atoms with E-state index in [1.165, 1.54) is 0 Å². The van der Waals surface area contributed by atoms with Crippen molar-refractivity contribution in [2.24, 2.45) is 0 Å². The molecule has 0 aromatic heterocycles. The van der Waals surface area contributed by atoms with E-state index in [9.17, 15) is 17.6 Å². The molecule has 0 aliphatic rings. The Bertz CT molecular complexity index is 335. The smallest absolute Gasteiger partial charge is 0.197 e. The first kappa shape index (κ1) is 9.98. The summed E-state index contributed by atoms with van der Waals surface area (Å²) in [6, 6.07) is 0.429. The molecule has 0 radical (unpaired) electrons. The van der Waals surface area contributed by atoms with Gasteiger partial charge < -0.3 is 5.11 Å². The standard InChI is InChI=1S/C8H6F4O/c1-3(13)4-2-5(9)7(11)8(12)6(4)10/h2-3,13H,1H3/t3-/m0/s1. The van der Waals surface area contributed by atoms with Gasteiger partial charge in [-0.25, -0.2) is 17.6 Å². The number of hydrogen-bond donors (Lipinski definition) is 1. The van der Waals surface area contributed by atoms with Crippen LogP contribution in [-0.2, 0) is 0 Å². The van der Waals surface area contributed by atoms with Crippen molar-refractivity contribution in [3.05, 3.63) is 34.9 Å². The van der Waals surface area contributed by atoms with Crippen molar-refractivity contribution in [1.29, 1.82) is 0 Å². The highest BCUT2D eigenvalue weighted by Crippen LogP contribution is 2.23. The zero-order valence-electron chi connectivity index (χ0n) is 6.61. The van der Waals surface area contributed by atoms with E-state index in [0.717, 1.165) is 6.92 Å². The van der Waals surface area contributed by atoms with Crippen LogP contribution in [0.1, 0.15) is 18.6 Å². The van der Waals surface area contributed by atoms with Crippen molar-refractivity contribution in [2.45, 2.75) is 13.0 Å². The van der Waals surface area contributed by atoms with Gasteiger partial charge in [0.1, 0.15) is 0 Å². The van der Waals surface area contributed by atoms with Gasteiger partial charge in [0.15, 0.2) is 23.3 Å². The molecule has 0 spiro atoms. The van der Waals surface area contributed by atoms with E-state index in [0.29, 0.717) is 6.07 Å². The van der Waals surface area contributed by atoms with E-state index in [1.54, 1.807) is 0 Å². The summed E-state index contributed by atoms with van der Waals surface area (Å²) in [5, 5.41) is 8.85. The number of benzene rings is 1. The Morgan fingerprint density at radius 3 is 2.08 bits per heavy atom. The molecule has 1 aromatic carbocycles. The lowest BCUT2D eigenvalue weighted by Crippen LogP contribution is -2.04. The van der Waals surface area contributed by atoms with Crippen molar-refractivity contribution in [3.63, 3.8) is 0 Å². The van der Waals surface area contributed by atoms with Crippen LogP contribution in [-0.4, -0.2) is 5.11 Å². The number of rotatable bonds is 1. The molecule has 0 amide bonds. The molecule has 1 aromatic rings. The molecule has 0 bridgehead atoms. The number of hydrogen-bond acceptors (Lipinski definition) is 1. The van der Waals surface area contributed by atoms with E-state index in [2.05, 4.69) is 0 Å². The van der Waals surface area contributed by atoms with Gasteiger partial charge in [0.05, 0.1) is 6.10 Å². The highest BCUT2D eigenvalue weighted by atomic mass is 19.2. The van der Waals surface area contributed by atoms with Gasteiger partial charge in [-0.05, 0) is 13.0 Å². The molecular weight excluding hydrogens is 188 g/mol. The first-order valence-electron chi connectivity index (χ1n) is 3.46. The Balaban J connectivity index is 3.41. The van der Waals surface area contributed by atoms with Crippen LogP contribution in [0.2, 0.25) is 0 Å². The summed E-state index contributed by atoms with van der Waals surface area (Å²) in [6.45, 7) is 1.12. The third-order valence-corrected chi connectivity index (χ3v) is 1.58. The van der Waals surface area contributed by atoms with Gasteiger partial charge in [-0.3, -0.25) is 0 Å². The lowest BCUT2D eigenvalue weighted by Gasteiger charge is -2.07. The van der Waals surface area contributed by atoms with Crippen LogP contribution in [0.5, 0.6) is 0 Å². The van der Waals surface area contributed by atoms with Crippen molar-refractivity contribution < 1.29 is 22.7 Å². The summed E-state index contributed by atoms with van der Waals surface area (Å²) in [7, 11) is 0. The molecule has 1 atom stereocenters. The average Bonchev–Trinajstić information content (AvgIpc) is 2.07. The van der Waals surface area contributed by atoms with Gasteiger partial charge in [-0.2, -0.15) is 0 Å². The third-order valence-electron chi connectivity index (χ3n) is 1.58. The molecular formula is C8H6F4O. The minimum absolute atomic E-state index is 0.429. The van der Waals surface area contributed by atoms with Gasteiger partial charge in [0.25, 0.3) is 0 Å². The normalized spacial score (nSPS) is 13.1. The van der Waals surface area contributed by atoms with Crippen LogP contribution < -0.4 is 0 Å². The molecule has 0 saturated carbocycles. The summed E-state index contributed by atoms with van der Waals surface area (Å²) in [5.41, 5.74) is -0.601. The molecule has 0 unspecified atom stereocenters. The lowest BCUT2D eigenvalue weighted by molar-refractivity contribution is 0.191. The fourth-order valence-electron chi connectivity index (χ4n) is 0.895. The predicted molar refractivity (Wildman–Crippen MR) is 36.9 cm³/mol. The largest absolute Gasteiger partial charge is 0.389 e. The first-order valence-corrected chi connectivity index (χ1v) is 3.46. The summed E-state index contributed by atoms with van der Waals surface area (Å²) < 4.78 is 50.1. The molecule has 1 nitrogen and oxygen atoms in total. The molecule has 0 heterocycles. The van der Waals surface area contributed by atoms with E-state index in [1.807, 2.05) is 0 Å². The van der Waals surface area contributed by atoms with E-state index >= 15 is 0 Å². The van der Waals surface area contributed by atoms with E-state index < -0.39 is 34.9 Å². The van der Waals surface area contributed by atoms with Crippen molar-refractivity contribution >= 4 is 0 Å². The fourth-order valence-corrected chi connectivity index (χ4v) is 0.895. The van der Waals surface area contributed by atoms with Crippen molar-refractivity contribution in [3.8, 4) is 0 Å². The molecule has 0 aliphatic heterocycles. The molecule has 0 fully saturated rings. The number of aliphatic hydroxyl groups excluding tert-OH is 1. The van der Waals surface area contributed by atoms with E-state index in [-0.39, 0.29) is 0 Å². The van der Waals surface area contributed by atoms with Crippen LogP contribution in [0.3, 0.4) is 0 Å². The highest BCUT2D eigenvalue weighted by molar-refractivity contribution is 5.23. The minimum Gasteiger partial charge on any atom is -0.389 e. The second-order valence-corrected chi connectivity index (χ2v) is 2.57. The molecule has 1 rings (SSSR count). The van der Waals surface area contributed by atoms with Gasteiger partial charge in [-0.15, -0.1) is 0 Å². The Hall–Kier alpha value is -1.10. The second-order valence-electron chi connectivity index (χ2n) is 2.57. The molecule has 1 N–H and O–H groups in total. The van der Waals surface area contributed by atoms with Gasteiger partial charge in [0.2, 0.25) is 0 Å². The quantitative estimate of drug-likeness (QED) is 0.413. The summed E-state index contributed by atoms with van der Waals surface area (Å²) in [4.78, 5) is 0. The Morgan fingerprint density at radius 2 is 1.62 bits per heavy atom. The van der Waals surface area contributed by atoms with Crippen LogP contribution in [0, 0.1) is 23.3 Å². The average molecular weight is 194 g/mol. The van der Waals surface area contributed by atoms with Crippen LogP contribution in [0.15, 0.2) is 6.07 Å². The van der Waals surface area contributed by atoms with Crippen molar-refractivity contribution in [2.75, 3.05) is 0 Å². The summed E-state index contributed by atoms with van der Waals surface area (Å²) in [6.07, 6.45) is -1.38. The van der Waals surface area contributed by atoms with Crippen LogP contribution in [0.4, 0.5) is 17.6 Å². The molecule has 13 heavy (non-hydrogen) atoms. The molecule has 0 saturated heterocycles. The fraction of sp³-hybridized carbons (Fsp3) is 0.250. The summed E-state index contributed by atoms with van der Waals surface area (Å²) >= 11 is 0. The zero-order chi connectivity index (χ0) is 10.2. The summed E-state index contributed by atoms with van der Waals surface area (Å²) in [5.74, 6) is -6.86. The Morgan fingerprint density at radius 1 is 1.08 bits per heavy atom. The van der Waals surface area contributed by atoms with Crippen LogP contribution in [0.25, 0.3) is 0 Å². The topological polar surface area (TPSA) is 20.2 Å². The molecule has 72 valence electrons. The second kappa shape index (κ2) is 3.33. The third kappa shape index (κ3) is 1.65. The predicted octanol–water partition coefficient (Wildman–Crippen LogP) is 2.30. The monoisotopic (exact) mass is 194 g/mol. The Kier molecular flexibility index (Phi) is 2.56. The lowest BCUT2D eigenvalue weighted by atomic mass is 10.1. The minimum atomic E-state index is -1.91. The Labute approximate surface area is 71.6 Å². The molecule has 0 aliphatic carbocycles. The maximum Gasteiger partial charge on any atom is 0.197 e. The maximum absolute atomic E-state index is 12.8. The van der Waals surface area contributed by atoms with Gasteiger partial charge in [-0.1, -0.05) is 0 Å². The number of halogens is 4. The van der Waals surface area contributed by atoms with Crippen molar-refractivity contribution in [1.82, 2.24) is 0 Å². The number of aliphatic hydroxyl groups is 1. The van der Waals surface area contributed by atoms with E-state index in [4.69, 9.17) is 5.11 Å². The SMILES string of the molecule is C[C@H](O)c1cc(F)c(F)c(F)c1F. The van der Waals surface area contributed by atoms with Crippen LogP contribution >= 0.6 is 0 Å². The van der Waals surface area contributed by atoms with Gasteiger partial charge in [0, 0.05) is 5.56 Å². The molecule has 5 heteroatoms. The van der Waals surface area contributed by atoms with Gasteiger partial charge >= 0.3 is 0 Å². The first-order chi connectivity index (χ1) is 5.95. The maximum atomic E-state index is 12.8. The zero-order valence-corrected chi connectivity index (χ0v) is 6.61. The highest BCUT2D eigenvalue weighted by Gasteiger charge is 2.20.